The van der Waals surface area contributed by atoms with Crippen LogP contribution in [0.1, 0.15) is 59.6 Å². The minimum atomic E-state index is -0.432. The van der Waals surface area contributed by atoms with Gasteiger partial charge in [-0.1, -0.05) is 49.7 Å². The van der Waals surface area contributed by atoms with Gasteiger partial charge in [-0.25, -0.2) is 4.90 Å². The third kappa shape index (κ3) is 4.13. The van der Waals surface area contributed by atoms with E-state index in [1.165, 1.54) is 12.1 Å². The van der Waals surface area contributed by atoms with E-state index >= 15 is 0 Å². The second-order valence-corrected chi connectivity index (χ2v) is 8.87. The zero-order valence-electron chi connectivity index (χ0n) is 17.8. The van der Waals surface area contributed by atoms with Gasteiger partial charge in [0.2, 0.25) is 11.8 Å². The summed E-state index contributed by atoms with van der Waals surface area (Å²) in [5, 5.41) is 6.86. The summed E-state index contributed by atoms with van der Waals surface area (Å²) in [5.41, 5.74) is 1.14. The van der Waals surface area contributed by atoms with Crippen molar-refractivity contribution >= 4 is 40.7 Å². The molecule has 32 heavy (non-hydrogen) atoms. The number of hydrogen-bond acceptors (Lipinski definition) is 6. The standard InChI is InChI=1S/C23H21ClN4O4/c1-23(2,3)22-26-19(32-27-22)11-10-18(29)25-13-8-9-17(16(24)12-13)28-20(30)14-6-4-5-7-15(14)21(28)31/h4-9,12H,10-11H2,1-3H3,(H,25,29). The van der Waals surface area contributed by atoms with Crippen LogP contribution >= 0.6 is 11.6 Å². The molecule has 1 aromatic heterocycles. The van der Waals surface area contributed by atoms with E-state index in [0.29, 0.717) is 35.0 Å². The molecule has 1 N–H and O–H groups in total. The van der Waals surface area contributed by atoms with Gasteiger partial charge >= 0.3 is 0 Å². The fourth-order valence-corrected chi connectivity index (χ4v) is 3.54. The highest BCUT2D eigenvalue weighted by Gasteiger charge is 2.37. The molecule has 0 spiro atoms. The van der Waals surface area contributed by atoms with E-state index in [4.69, 9.17) is 16.1 Å². The van der Waals surface area contributed by atoms with Crippen LogP contribution < -0.4 is 10.2 Å². The van der Waals surface area contributed by atoms with Gasteiger partial charge in [0.15, 0.2) is 5.82 Å². The first-order chi connectivity index (χ1) is 15.1. The zero-order chi connectivity index (χ0) is 23.0. The second-order valence-electron chi connectivity index (χ2n) is 8.47. The van der Waals surface area contributed by atoms with Gasteiger partial charge in [-0.05, 0) is 30.3 Å². The number of carbonyl (C=O) groups excluding carboxylic acids is 3. The van der Waals surface area contributed by atoms with Crippen molar-refractivity contribution in [2.24, 2.45) is 0 Å². The number of carbonyl (C=O) groups is 3. The van der Waals surface area contributed by atoms with Crippen LogP contribution in [-0.2, 0) is 16.6 Å². The molecule has 0 unspecified atom stereocenters. The Balaban J connectivity index is 1.42. The van der Waals surface area contributed by atoms with E-state index in [1.54, 1.807) is 30.3 Å². The number of amides is 3. The number of nitrogens with zero attached hydrogens (tertiary/aromatic N) is 3. The van der Waals surface area contributed by atoms with Gasteiger partial charge in [-0.2, -0.15) is 4.98 Å². The molecule has 1 aliphatic heterocycles. The molecular weight excluding hydrogens is 432 g/mol. The molecule has 0 atom stereocenters. The Morgan fingerprint density at radius 1 is 1.09 bits per heavy atom. The largest absolute Gasteiger partial charge is 0.339 e. The van der Waals surface area contributed by atoms with E-state index in [2.05, 4.69) is 15.5 Å². The summed E-state index contributed by atoms with van der Waals surface area (Å²) >= 11 is 6.35. The number of aryl methyl sites for hydroxylation is 1. The molecule has 9 heteroatoms. The number of rotatable bonds is 5. The predicted octanol–water partition coefficient (Wildman–Crippen LogP) is 4.39. The van der Waals surface area contributed by atoms with Gasteiger partial charge in [-0.15, -0.1) is 0 Å². The highest BCUT2D eigenvalue weighted by atomic mass is 35.5. The van der Waals surface area contributed by atoms with Crippen LogP contribution in [0.25, 0.3) is 0 Å². The number of benzene rings is 2. The average molecular weight is 453 g/mol. The highest BCUT2D eigenvalue weighted by Crippen LogP contribution is 2.34. The molecule has 3 amide bonds. The lowest BCUT2D eigenvalue weighted by molar-refractivity contribution is -0.116. The summed E-state index contributed by atoms with van der Waals surface area (Å²) in [7, 11) is 0. The van der Waals surface area contributed by atoms with Gasteiger partial charge in [0, 0.05) is 23.9 Å². The van der Waals surface area contributed by atoms with E-state index in [1.807, 2.05) is 20.8 Å². The Morgan fingerprint density at radius 3 is 2.31 bits per heavy atom. The van der Waals surface area contributed by atoms with Crippen molar-refractivity contribution in [2.75, 3.05) is 10.2 Å². The van der Waals surface area contributed by atoms with Crippen LogP contribution in [0.2, 0.25) is 5.02 Å². The highest BCUT2D eigenvalue weighted by molar-refractivity contribution is 6.40. The van der Waals surface area contributed by atoms with Crippen LogP contribution in [0.4, 0.5) is 11.4 Å². The number of aromatic nitrogens is 2. The first kappa shape index (κ1) is 21.7. The predicted molar refractivity (Wildman–Crippen MR) is 119 cm³/mol. The Bertz CT molecular complexity index is 1190. The topological polar surface area (TPSA) is 105 Å². The summed E-state index contributed by atoms with van der Waals surface area (Å²) < 4.78 is 5.20. The molecule has 0 saturated heterocycles. The maximum absolute atomic E-state index is 12.7. The third-order valence-electron chi connectivity index (χ3n) is 4.97. The molecule has 0 fully saturated rings. The molecule has 2 heterocycles. The minimum Gasteiger partial charge on any atom is -0.339 e. The molecule has 0 aliphatic carbocycles. The van der Waals surface area contributed by atoms with Crippen molar-refractivity contribution < 1.29 is 18.9 Å². The lowest BCUT2D eigenvalue weighted by atomic mass is 9.96. The summed E-state index contributed by atoms with van der Waals surface area (Å²) in [6, 6.07) is 11.2. The van der Waals surface area contributed by atoms with Gasteiger partial charge in [0.05, 0.1) is 21.8 Å². The summed E-state index contributed by atoms with van der Waals surface area (Å²) in [6.45, 7) is 5.93. The number of hydrogen-bond donors (Lipinski definition) is 1. The van der Waals surface area contributed by atoms with E-state index < -0.39 is 11.8 Å². The van der Waals surface area contributed by atoms with Gasteiger partial charge in [0.1, 0.15) is 0 Å². The molecule has 2 aromatic carbocycles. The van der Waals surface area contributed by atoms with E-state index in [0.717, 1.165) is 4.90 Å². The van der Waals surface area contributed by atoms with Crippen LogP contribution in [0.5, 0.6) is 0 Å². The van der Waals surface area contributed by atoms with Crippen molar-refractivity contribution in [3.05, 3.63) is 70.3 Å². The molecule has 0 radical (unpaired) electrons. The Morgan fingerprint density at radius 2 is 1.75 bits per heavy atom. The second kappa shape index (κ2) is 8.20. The number of imide groups is 1. The van der Waals surface area contributed by atoms with Crippen molar-refractivity contribution in [2.45, 2.75) is 39.0 Å². The molecule has 0 saturated carbocycles. The van der Waals surface area contributed by atoms with Gasteiger partial charge < -0.3 is 9.84 Å². The van der Waals surface area contributed by atoms with E-state index in [9.17, 15) is 14.4 Å². The van der Waals surface area contributed by atoms with Gasteiger partial charge in [-0.3, -0.25) is 14.4 Å². The molecular formula is C23H21ClN4O4. The normalized spacial score (nSPS) is 13.4. The smallest absolute Gasteiger partial charge is 0.266 e. The number of fused-ring (bicyclic) bond motifs is 1. The number of nitrogens with one attached hydrogen (secondary N) is 1. The summed E-state index contributed by atoms with van der Waals surface area (Å²) in [6.07, 6.45) is 0.444. The summed E-state index contributed by atoms with van der Waals surface area (Å²) in [5.74, 6) is -0.144. The van der Waals surface area contributed by atoms with Crippen LogP contribution in [0.3, 0.4) is 0 Å². The zero-order valence-corrected chi connectivity index (χ0v) is 18.6. The summed E-state index contributed by atoms with van der Waals surface area (Å²) in [4.78, 5) is 43.0. The van der Waals surface area contributed by atoms with Crippen LogP contribution in [-0.4, -0.2) is 27.9 Å². The monoisotopic (exact) mass is 452 g/mol. The third-order valence-corrected chi connectivity index (χ3v) is 5.27. The minimum absolute atomic E-state index is 0.142. The molecule has 8 nitrogen and oxygen atoms in total. The number of halogens is 1. The molecule has 3 aromatic rings. The first-order valence-electron chi connectivity index (χ1n) is 10.1. The Kier molecular flexibility index (Phi) is 5.56. The van der Waals surface area contributed by atoms with Crippen molar-refractivity contribution in [1.82, 2.24) is 10.1 Å². The lowest BCUT2D eigenvalue weighted by Gasteiger charge is -2.16. The molecule has 1 aliphatic rings. The average Bonchev–Trinajstić information content (AvgIpc) is 3.32. The number of anilines is 2. The Labute approximate surface area is 189 Å². The van der Waals surface area contributed by atoms with Gasteiger partial charge in [0.25, 0.3) is 11.8 Å². The Hall–Kier alpha value is -3.52. The maximum Gasteiger partial charge on any atom is 0.266 e. The van der Waals surface area contributed by atoms with Crippen molar-refractivity contribution in [3.8, 4) is 0 Å². The van der Waals surface area contributed by atoms with E-state index in [-0.39, 0.29) is 28.5 Å². The van der Waals surface area contributed by atoms with Crippen molar-refractivity contribution in [3.63, 3.8) is 0 Å². The molecule has 164 valence electrons. The maximum atomic E-state index is 12.7. The van der Waals surface area contributed by atoms with Crippen LogP contribution in [0.15, 0.2) is 47.0 Å². The lowest BCUT2D eigenvalue weighted by Crippen LogP contribution is -2.29. The van der Waals surface area contributed by atoms with Crippen molar-refractivity contribution in [1.29, 1.82) is 0 Å². The first-order valence-corrected chi connectivity index (χ1v) is 10.4. The van der Waals surface area contributed by atoms with Crippen LogP contribution in [0, 0.1) is 0 Å². The molecule has 0 bridgehead atoms. The SMILES string of the molecule is CC(C)(C)c1noc(CCC(=O)Nc2ccc(N3C(=O)c4ccccc4C3=O)c(Cl)c2)n1. The quantitative estimate of drug-likeness (QED) is 0.575. The molecule has 4 rings (SSSR count). The fourth-order valence-electron chi connectivity index (χ4n) is 3.28. The fraction of sp³-hybridized carbons (Fsp3) is 0.261.